The van der Waals surface area contributed by atoms with Crippen LogP contribution >= 0.6 is 11.8 Å². The minimum absolute atomic E-state index is 0.569. The van der Waals surface area contributed by atoms with Crippen LogP contribution in [0.25, 0.3) is 0 Å². The Morgan fingerprint density at radius 3 is 3.00 bits per heavy atom. The lowest BCUT2D eigenvalue weighted by Gasteiger charge is -2.24. The van der Waals surface area contributed by atoms with Crippen molar-refractivity contribution >= 4 is 17.6 Å². The van der Waals surface area contributed by atoms with Crippen LogP contribution in [0.4, 0.5) is 5.82 Å². The summed E-state index contributed by atoms with van der Waals surface area (Å²) >= 11 is 1.74. The van der Waals surface area contributed by atoms with E-state index < -0.39 is 0 Å². The zero-order valence-corrected chi connectivity index (χ0v) is 8.17. The van der Waals surface area contributed by atoms with E-state index >= 15 is 0 Å². The Morgan fingerprint density at radius 2 is 2.38 bits per heavy atom. The minimum atomic E-state index is 0.569. The fourth-order valence-electron chi connectivity index (χ4n) is 0.994. The zero-order valence-electron chi connectivity index (χ0n) is 7.36. The number of nitrogens with one attached hydrogen (secondary N) is 1. The fraction of sp³-hybridized carbons (Fsp3) is 0.500. The molecule has 1 aromatic heterocycles. The van der Waals surface area contributed by atoms with E-state index in [1.165, 1.54) is 0 Å². The summed E-state index contributed by atoms with van der Waals surface area (Å²) in [6.07, 6.45) is 1.58. The van der Waals surface area contributed by atoms with E-state index in [4.69, 9.17) is 4.74 Å². The number of ether oxygens (including phenoxy) is 1. The third-order valence-electron chi connectivity index (χ3n) is 1.79. The van der Waals surface area contributed by atoms with Crippen molar-refractivity contribution in [2.24, 2.45) is 0 Å². The minimum Gasteiger partial charge on any atom is -0.379 e. The van der Waals surface area contributed by atoms with Crippen LogP contribution in [0.5, 0.6) is 0 Å². The predicted octanol–water partition coefficient (Wildman–Crippen LogP) is 1.01. The molecule has 0 aromatic carbocycles. The van der Waals surface area contributed by atoms with Crippen molar-refractivity contribution in [1.82, 2.24) is 9.97 Å². The Morgan fingerprint density at radius 1 is 1.54 bits per heavy atom. The lowest BCUT2D eigenvalue weighted by atomic mass is 10.4. The average molecular weight is 197 g/mol. The van der Waals surface area contributed by atoms with Gasteiger partial charge in [0.15, 0.2) is 0 Å². The zero-order chi connectivity index (χ0) is 9.10. The molecule has 1 N–H and O–H groups in total. The normalized spacial score (nSPS) is 16.7. The van der Waals surface area contributed by atoms with Crippen LogP contribution in [0.1, 0.15) is 0 Å². The topological polar surface area (TPSA) is 47.0 Å². The van der Waals surface area contributed by atoms with Crippen molar-refractivity contribution in [3.05, 3.63) is 12.4 Å². The molecule has 1 fully saturated rings. The Kier molecular flexibility index (Phi) is 2.65. The largest absolute Gasteiger partial charge is 0.379 e. The van der Waals surface area contributed by atoms with Crippen molar-refractivity contribution < 1.29 is 4.74 Å². The van der Waals surface area contributed by atoms with Gasteiger partial charge >= 0.3 is 0 Å². The van der Waals surface area contributed by atoms with Crippen LogP contribution in [-0.4, -0.2) is 35.5 Å². The number of anilines is 1. The number of hydrogen-bond acceptors (Lipinski definition) is 5. The summed E-state index contributed by atoms with van der Waals surface area (Å²) < 4.78 is 5.08. The second-order valence-corrected chi connectivity index (χ2v) is 4.09. The van der Waals surface area contributed by atoms with Gasteiger partial charge < -0.3 is 10.1 Å². The van der Waals surface area contributed by atoms with Crippen molar-refractivity contribution in [1.29, 1.82) is 0 Å². The molecule has 0 atom stereocenters. The first-order chi connectivity index (χ1) is 6.38. The average Bonchev–Trinajstić information content (AvgIpc) is 2.12. The van der Waals surface area contributed by atoms with Crippen LogP contribution in [0, 0.1) is 0 Å². The van der Waals surface area contributed by atoms with E-state index in [0.29, 0.717) is 5.25 Å². The van der Waals surface area contributed by atoms with Crippen molar-refractivity contribution in [3.63, 3.8) is 0 Å². The Hall–Kier alpha value is -0.810. The molecule has 0 unspecified atom stereocenters. The highest BCUT2D eigenvalue weighted by Crippen LogP contribution is 2.26. The molecule has 1 aliphatic rings. The van der Waals surface area contributed by atoms with Gasteiger partial charge in [0.2, 0.25) is 0 Å². The molecule has 0 radical (unpaired) electrons. The molecule has 2 heterocycles. The van der Waals surface area contributed by atoms with Crippen LogP contribution in [0.2, 0.25) is 0 Å². The van der Waals surface area contributed by atoms with Gasteiger partial charge in [-0.3, -0.25) is 0 Å². The van der Waals surface area contributed by atoms with Gasteiger partial charge in [-0.2, -0.15) is 0 Å². The van der Waals surface area contributed by atoms with Gasteiger partial charge in [0.25, 0.3) is 0 Å². The maximum Gasteiger partial charge on any atom is 0.130 e. The first kappa shape index (κ1) is 8.77. The van der Waals surface area contributed by atoms with Crippen LogP contribution in [-0.2, 0) is 4.74 Å². The van der Waals surface area contributed by atoms with Gasteiger partial charge in [-0.25, -0.2) is 9.97 Å². The summed E-state index contributed by atoms with van der Waals surface area (Å²) in [7, 11) is 1.85. The molecule has 1 saturated heterocycles. The van der Waals surface area contributed by atoms with E-state index in [-0.39, 0.29) is 0 Å². The lowest BCUT2D eigenvalue weighted by molar-refractivity contribution is 0.0454. The first-order valence-corrected chi connectivity index (χ1v) is 5.00. The summed E-state index contributed by atoms with van der Waals surface area (Å²) in [4.78, 5) is 8.21. The van der Waals surface area contributed by atoms with Crippen molar-refractivity contribution in [3.8, 4) is 0 Å². The number of thioether (sulfide) groups is 1. The summed E-state index contributed by atoms with van der Waals surface area (Å²) in [5.74, 6) is 0.859. The Balaban J connectivity index is 2.01. The van der Waals surface area contributed by atoms with Crippen LogP contribution in [0.15, 0.2) is 17.4 Å². The van der Waals surface area contributed by atoms with Gasteiger partial charge in [0, 0.05) is 13.1 Å². The van der Waals surface area contributed by atoms with Crippen LogP contribution in [0.3, 0.4) is 0 Å². The summed E-state index contributed by atoms with van der Waals surface area (Å²) in [6.45, 7) is 1.67. The molecule has 0 saturated carbocycles. The maximum absolute atomic E-state index is 5.08. The molecule has 0 spiro atoms. The highest BCUT2D eigenvalue weighted by atomic mass is 32.2. The monoisotopic (exact) mass is 197 g/mol. The number of aromatic nitrogens is 2. The van der Waals surface area contributed by atoms with Gasteiger partial charge in [-0.1, -0.05) is 11.8 Å². The van der Waals surface area contributed by atoms with E-state index in [0.717, 1.165) is 24.1 Å². The second-order valence-electron chi connectivity index (χ2n) is 2.77. The molecule has 1 aliphatic heterocycles. The first-order valence-electron chi connectivity index (χ1n) is 4.12. The van der Waals surface area contributed by atoms with Gasteiger partial charge in [0.05, 0.1) is 18.5 Å². The van der Waals surface area contributed by atoms with Crippen molar-refractivity contribution in [2.45, 2.75) is 10.3 Å². The Bertz CT molecular complexity index is 290. The van der Waals surface area contributed by atoms with Gasteiger partial charge in [0.1, 0.15) is 17.2 Å². The second kappa shape index (κ2) is 3.93. The molecule has 4 nitrogen and oxygen atoms in total. The van der Waals surface area contributed by atoms with Gasteiger partial charge in [-0.05, 0) is 0 Å². The molecule has 2 rings (SSSR count). The Labute approximate surface area is 81.1 Å². The highest BCUT2D eigenvalue weighted by Gasteiger charge is 2.20. The third kappa shape index (κ3) is 2.10. The molecule has 0 aliphatic carbocycles. The quantitative estimate of drug-likeness (QED) is 0.733. The van der Waals surface area contributed by atoms with E-state index in [9.17, 15) is 0 Å². The molecule has 1 aromatic rings. The standard InChI is InChI=1S/C8H11N3OS/c1-9-7-2-8(11-5-10-7)13-6-3-12-4-6/h2,5-6H,3-4H2,1H3,(H,9,10,11). The predicted molar refractivity (Wildman–Crippen MR) is 52.0 cm³/mol. The molecular weight excluding hydrogens is 186 g/mol. The van der Waals surface area contributed by atoms with E-state index in [1.807, 2.05) is 13.1 Å². The number of nitrogens with zero attached hydrogens (tertiary/aromatic N) is 2. The SMILES string of the molecule is CNc1cc(SC2COC2)ncn1. The van der Waals surface area contributed by atoms with Crippen molar-refractivity contribution in [2.75, 3.05) is 25.6 Å². The highest BCUT2D eigenvalue weighted by molar-refractivity contribution is 8.00. The molecule has 13 heavy (non-hydrogen) atoms. The van der Waals surface area contributed by atoms with E-state index in [2.05, 4.69) is 15.3 Å². The molecule has 5 heteroatoms. The summed E-state index contributed by atoms with van der Waals surface area (Å²) in [5, 5.41) is 4.56. The summed E-state index contributed by atoms with van der Waals surface area (Å²) in [6, 6.07) is 1.95. The fourth-order valence-corrected chi connectivity index (χ4v) is 1.95. The number of rotatable bonds is 3. The number of hydrogen-bond donors (Lipinski definition) is 1. The van der Waals surface area contributed by atoms with E-state index in [1.54, 1.807) is 18.1 Å². The lowest BCUT2D eigenvalue weighted by Crippen LogP contribution is -2.30. The molecular formula is C8H11N3OS. The van der Waals surface area contributed by atoms with Crippen LogP contribution < -0.4 is 5.32 Å². The summed E-state index contributed by atoms with van der Waals surface area (Å²) in [5.41, 5.74) is 0. The molecule has 0 amide bonds. The smallest absolute Gasteiger partial charge is 0.130 e. The maximum atomic E-state index is 5.08. The third-order valence-corrected chi connectivity index (χ3v) is 2.86. The molecule has 0 bridgehead atoms. The van der Waals surface area contributed by atoms with Gasteiger partial charge in [-0.15, -0.1) is 0 Å². The molecule has 70 valence electrons.